The van der Waals surface area contributed by atoms with E-state index in [-0.39, 0.29) is 22.3 Å². The highest BCUT2D eigenvalue weighted by molar-refractivity contribution is 6.34. The van der Waals surface area contributed by atoms with Gasteiger partial charge in [-0.2, -0.15) is 0 Å². The van der Waals surface area contributed by atoms with E-state index in [1.54, 1.807) is 31.2 Å². The fourth-order valence-electron chi connectivity index (χ4n) is 1.91. The van der Waals surface area contributed by atoms with Gasteiger partial charge in [-0.05, 0) is 30.7 Å². The topological polar surface area (TPSA) is 72.2 Å². The molecule has 0 aromatic heterocycles. The number of hydrogen-bond donors (Lipinski definition) is 1. The van der Waals surface area contributed by atoms with Gasteiger partial charge in [-0.3, -0.25) is 14.9 Å². The Hall–Kier alpha value is -2.11. The molecule has 0 heterocycles. The fraction of sp³-hybridized carbons (Fsp3) is 0.133. The van der Waals surface area contributed by atoms with Crippen molar-refractivity contribution in [1.82, 2.24) is 5.32 Å². The summed E-state index contributed by atoms with van der Waals surface area (Å²) < 4.78 is 0. The lowest BCUT2D eigenvalue weighted by Gasteiger charge is -2.15. The maximum absolute atomic E-state index is 12.2. The number of nitrogens with one attached hydrogen (secondary N) is 1. The van der Waals surface area contributed by atoms with Crippen LogP contribution in [0.1, 0.15) is 28.9 Å². The minimum Gasteiger partial charge on any atom is -0.345 e. The number of halogens is 2. The van der Waals surface area contributed by atoms with Crippen LogP contribution < -0.4 is 5.32 Å². The van der Waals surface area contributed by atoms with Crippen LogP contribution in [0, 0.1) is 10.1 Å². The third-order valence-corrected chi connectivity index (χ3v) is 3.70. The summed E-state index contributed by atoms with van der Waals surface area (Å²) in [6, 6.07) is 10.5. The highest BCUT2D eigenvalue weighted by Gasteiger charge is 2.18. The van der Waals surface area contributed by atoms with Crippen molar-refractivity contribution in [3.05, 3.63) is 73.8 Å². The molecule has 1 N–H and O–H groups in total. The highest BCUT2D eigenvalue weighted by Crippen LogP contribution is 2.23. The second kappa shape index (κ2) is 6.77. The molecule has 0 spiro atoms. The van der Waals surface area contributed by atoms with Crippen molar-refractivity contribution >= 4 is 34.8 Å². The largest absolute Gasteiger partial charge is 0.345 e. The van der Waals surface area contributed by atoms with Crippen LogP contribution >= 0.6 is 23.2 Å². The van der Waals surface area contributed by atoms with E-state index < -0.39 is 10.8 Å². The summed E-state index contributed by atoms with van der Waals surface area (Å²) in [5.74, 6) is -0.476. The first-order valence-electron chi connectivity index (χ1n) is 6.38. The molecule has 114 valence electrons. The predicted octanol–water partition coefficient (Wildman–Crippen LogP) is 4.39. The second-order valence-corrected chi connectivity index (χ2v) is 5.51. The summed E-state index contributed by atoms with van der Waals surface area (Å²) in [6.45, 7) is 1.80. The molecule has 0 unspecified atom stereocenters. The van der Waals surface area contributed by atoms with Crippen LogP contribution in [0.25, 0.3) is 0 Å². The van der Waals surface area contributed by atoms with Crippen molar-refractivity contribution in [2.75, 3.05) is 0 Å². The van der Waals surface area contributed by atoms with Gasteiger partial charge in [-0.25, -0.2) is 0 Å². The number of rotatable bonds is 4. The summed E-state index contributed by atoms with van der Waals surface area (Å²) in [6.07, 6.45) is 0. The summed E-state index contributed by atoms with van der Waals surface area (Å²) in [7, 11) is 0. The molecular formula is C15H12Cl2N2O3. The Kier molecular flexibility index (Phi) is 5.00. The van der Waals surface area contributed by atoms with Crippen LogP contribution in [-0.4, -0.2) is 10.8 Å². The molecule has 7 heteroatoms. The molecule has 0 bridgehead atoms. The molecule has 2 aromatic carbocycles. The Morgan fingerprint density at radius 3 is 2.41 bits per heavy atom. The van der Waals surface area contributed by atoms with Gasteiger partial charge in [0.15, 0.2) is 0 Å². The van der Waals surface area contributed by atoms with Crippen LogP contribution in [0.4, 0.5) is 5.69 Å². The first-order chi connectivity index (χ1) is 10.4. The van der Waals surface area contributed by atoms with Gasteiger partial charge in [0.05, 0.1) is 21.6 Å². The molecule has 0 saturated carbocycles. The average molecular weight is 339 g/mol. The van der Waals surface area contributed by atoms with Crippen molar-refractivity contribution in [3.63, 3.8) is 0 Å². The lowest BCUT2D eigenvalue weighted by atomic mass is 10.1. The molecule has 0 aliphatic rings. The van der Waals surface area contributed by atoms with Crippen molar-refractivity contribution in [1.29, 1.82) is 0 Å². The van der Waals surface area contributed by atoms with E-state index in [4.69, 9.17) is 23.2 Å². The van der Waals surface area contributed by atoms with E-state index in [0.29, 0.717) is 5.02 Å². The molecule has 0 radical (unpaired) electrons. The first kappa shape index (κ1) is 16.3. The van der Waals surface area contributed by atoms with Gasteiger partial charge in [-0.1, -0.05) is 35.3 Å². The number of benzene rings is 2. The number of hydrogen-bond acceptors (Lipinski definition) is 3. The summed E-state index contributed by atoms with van der Waals surface area (Å²) >= 11 is 11.8. The van der Waals surface area contributed by atoms with Gasteiger partial charge >= 0.3 is 0 Å². The lowest BCUT2D eigenvalue weighted by molar-refractivity contribution is -0.384. The standard InChI is InChI=1S/C15H12Cl2N2O3/c1-9(10-2-4-11(16)5-3-10)18-15(20)13-8-12(19(21)22)6-7-14(13)17/h2-9H,1H3,(H,18,20)/t9-/m0/s1. The quantitative estimate of drug-likeness (QED) is 0.663. The Bertz CT molecular complexity index is 717. The maximum Gasteiger partial charge on any atom is 0.270 e. The minimum atomic E-state index is -0.574. The van der Waals surface area contributed by atoms with E-state index in [0.717, 1.165) is 11.6 Å². The maximum atomic E-state index is 12.2. The third-order valence-electron chi connectivity index (χ3n) is 3.12. The highest BCUT2D eigenvalue weighted by atomic mass is 35.5. The Balaban J connectivity index is 2.20. The second-order valence-electron chi connectivity index (χ2n) is 4.67. The Morgan fingerprint density at radius 2 is 1.82 bits per heavy atom. The van der Waals surface area contributed by atoms with Crippen molar-refractivity contribution in [2.45, 2.75) is 13.0 Å². The average Bonchev–Trinajstić information content (AvgIpc) is 2.47. The van der Waals surface area contributed by atoms with Gasteiger partial charge in [-0.15, -0.1) is 0 Å². The van der Waals surface area contributed by atoms with Crippen molar-refractivity contribution in [2.24, 2.45) is 0 Å². The van der Waals surface area contributed by atoms with Crippen LogP contribution in [0.2, 0.25) is 10.0 Å². The van der Waals surface area contributed by atoms with Gasteiger partial charge in [0.25, 0.3) is 11.6 Å². The monoisotopic (exact) mass is 338 g/mol. The van der Waals surface area contributed by atoms with Crippen LogP contribution in [0.5, 0.6) is 0 Å². The zero-order chi connectivity index (χ0) is 16.3. The lowest BCUT2D eigenvalue weighted by Crippen LogP contribution is -2.26. The molecule has 1 atom stereocenters. The molecule has 5 nitrogen and oxygen atoms in total. The molecule has 22 heavy (non-hydrogen) atoms. The molecule has 2 rings (SSSR count). The number of nitro groups is 1. The van der Waals surface area contributed by atoms with E-state index >= 15 is 0 Å². The fourth-order valence-corrected chi connectivity index (χ4v) is 2.24. The van der Waals surface area contributed by atoms with Crippen LogP contribution in [0.3, 0.4) is 0 Å². The number of nitro benzene ring substituents is 1. The molecule has 0 aliphatic heterocycles. The number of non-ortho nitro benzene ring substituents is 1. The Labute approximate surface area is 137 Å². The summed E-state index contributed by atoms with van der Waals surface area (Å²) in [4.78, 5) is 22.5. The normalized spacial score (nSPS) is 11.8. The van der Waals surface area contributed by atoms with E-state index in [1.165, 1.54) is 12.1 Å². The van der Waals surface area contributed by atoms with Crippen LogP contribution in [0.15, 0.2) is 42.5 Å². The third kappa shape index (κ3) is 3.75. The first-order valence-corrected chi connectivity index (χ1v) is 7.14. The number of carbonyl (C=O) groups excluding carboxylic acids is 1. The summed E-state index contributed by atoms with van der Waals surface area (Å²) in [5, 5.41) is 14.3. The zero-order valence-corrected chi connectivity index (χ0v) is 13.1. The van der Waals surface area contributed by atoms with Gasteiger partial charge in [0, 0.05) is 17.2 Å². The number of carbonyl (C=O) groups is 1. The SMILES string of the molecule is C[C@H](NC(=O)c1cc([N+](=O)[O-])ccc1Cl)c1ccc(Cl)cc1. The minimum absolute atomic E-state index is 0.0664. The van der Waals surface area contributed by atoms with E-state index in [9.17, 15) is 14.9 Å². The molecule has 2 aromatic rings. The van der Waals surface area contributed by atoms with E-state index in [2.05, 4.69) is 5.32 Å². The van der Waals surface area contributed by atoms with Gasteiger partial charge in [0.1, 0.15) is 0 Å². The van der Waals surface area contributed by atoms with Crippen molar-refractivity contribution in [3.8, 4) is 0 Å². The van der Waals surface area contributed by atoms with E-state index in [1.807, 2.05) is 0 Å². The molecule has 1 amide bonds. The van der Waals surface area contributed by atoms with Crippen LogP contribution in [-0.2, 0) is 0 Å². The molecule has 0 saturated heterocycles. The number of nitrogens with zero attached hydrogens (tertiary/aromatic N) is 1. The van der Waals surface area contributed by atoms with Crippen molar-refractivity contribution < 1.29 is 9.72 Å². The number of amides is 1. The molecule has 0 aliphatic carbocycles. The Morgan fingerprint density at radius 1 is 1.18 bits per heavy atom. The molecule has 0 fully saturated rings. The van der Waals surface area contributed by atoms with Gasteiger partial charge in [0.2, 0.25) is 0 Å². The zero-order valence-electron chi connectivity index (χ0n) is 11.5. The smallest absolute Gasteiger partial charge is 0.270 e. The predicted molar refractivity (Wildman–Crippen MR) is 85.4 cm³/mol. The van der Waals surface area contributed by atoms with Gasteiger partial charge < -0.3 is 5.32 Å². The summed E-state index contributed by atoms with van der Waals surface area (Å²) in [5.41, 5.74) is 0.740. The molecular weight excluding hydrogens is 327 g/mol.